The maximum Gasteiger partial charge on any atom is 0.147 e. The van der Waals surface area contributed by atoms with Crippen molar-refractivity contribution in [2.24, 2.45) is 29.1 Å². The lowest BCUT2D eigenvalue weighted by Gasteiger charge is -2.38. The molecule has 0 saturated heterocycles. The molecule has 0 aromatic rings. The van der Waals surface area contributed by atoms with E-state index in [1.807, 2.05) is 0 Å². The lowest BCUT2D eigenvalue weighted by atomic mass is 9.65. The zero-order valence-corrected chi connectivity index (χ0v) is 13.5. The Labute approximate surface area is 118 Å². The van der Waals surface area contributed by atoms with Crippen molar-refractivity contribution in [2.75, 3.05) is 0 Å². The van der Waals surface area contributed by atoms with Crippen LogP contribution < -0.4 is 0 Å². The van der Waals surface area contributed by atoms with Crippen molar-refractivity contribution in [1.82, 2.24) is 0 Å². The molecule has 0 N–H and O–H groups in total. The average Bonchev–Trinajstić information content (AvgIpc) is 2.56. The van der Waals surface area contributed by atoms with Gasteiger partial charge in [0, 0.05) is 12.3 Å². The molecular formula is C17H30O2. The number of hydrogen-bond acceptors (Lipinski definition) is 2. The molecule has 19 heavy (non-hydrogen) atoms. The molecule has 0 amide bonds. The fraction of sp³-hybridized carbons (Fsp3) is 0.882. The van der Waals surface area contributed by atoms with Crippen molar-refractivity contribution in [3.8, 4) is 0 Å². The summed E-state index contributed by atoms with van der Waals surface area (Å²) in [4.78, 5) is 24.3. The van der Waals surface area contributed by atoms with Crippen molar-refractivity contribution >= 4 is 11.6 Å². The van der Waals surface area contributed by atoms with Gasteiger partial charge in [-0.3, -0.25) is 9.59 Å². The van der Waals surface area contributed by atoms with E-state index in [2.05, 4.69) is 34.6 Å². The highest BCUT2D eigenvalue weighted by atomic mass is 16.2. The van der Waals surface area contributed by atoms with Crippen molar-refractivity contribution in [1.29, 1.82) is 0 Å². The van der Waals surface area contributed by atoms with Gasteiger partial charge in [-0.1, -0.05) is 41.0 Å². The van der Waals surface area contributed by atoms with Gasteiger partial charge in [0.25, 0.3) is 0 Å². The van der Waals surface area contributed by atoms with Crippen LogP contribution in [0.4, 0.5) is 0 Å². The highest BCUT2D eigenvalue weighted by Gasteiger charge is 2.48. The normalized spacial score (nSPS) is 28.8. The highest BCUT2D eigenvalue weighted by molar-refractivity contribution is 6.09. The van der Waals surface area contributed by atoms with Crippen molar-refractivity contribution < 1.29 is 9.59 Å². The second kappa shape index (κ2) is 6.19. The Morgan fingerprint density at radius 1 is 1.21 bits per heavy atom. The largest absolute Gasteiger partial charge is 0.299 e. The molecule has 4 atom stereocenters. The molecular weight excluding hydrogens is 236 g/mol. The summed E-state index contributed by atoms with van der Waals surface area (Å²) in [6.45, 7) is 12.9. The van der Waals surface area contributed by atoms with Crippen LogP contribution >= 0.6 is 0 Å². The third-order valence-electron chi connectivity index (χ3n) is 4.89. The van der Waals surface area contributed by atoms with E-state index in [1.54, 1.807) is 6.92 Å². The first-order valence-corrected chi connectivity index (χ1v) is 7.77. The van der Waals surface area contributed by atoms with Crippen molar-refractivity contribution in [3.63, 3.8) is 0 Å². The molecule has 0 heterocycles. The fourth-order valence-electron chi connectivity index (χ4n) is 3.77. The van der Waals surface area contributed by atoms with Gasteiger partial charge in [0.2, 0.25) is 0 Å². The monoisotopic (exact) mass is 266 g/mol. The molecule has 4 unspecified atom stereocenters. The molecule has 2 nitrogen and oxygen atoms in total. The topological polar surface area (TPSA) is 34.1 Å². The second-order valence-electron chi connectivity index (χ2n) is 7.32. The van der Waals surface area contributed by atoms with Crippen LogP contribution in [-0.2, 0) is 9.59 Å². The van der Waals surface area contributed by atoms with Crippen LogP contribution in [0.2, 0.25) is 0 Å². The zero-order chi connectivity index (χ0) is 14.8. The summed E-state index contributed by atoms with van der Waals surface area (Å²) in [5.74, 6) is 1.10. The van der Waals surface area contributed by atoms with Crippen LogP contribution in [0.3, 0.4) is 0 Å². The quantitative estimate of drug-likeness (QED) is 0.673. The smallest absolute Gasteiger partial charge is 0.147 e. The van der Waals surface area contributed by atoms with Crippen molar-refractivity contribution in [3.05, 3.63) is 0 Å². The minimum absolute atomic E-state index is 0.0128. The predicted molar refractivity (Wildman–Crippen MR) is 78.9 cm³/mol. The number of ketones is 2. The van der Waals surface area contributed by atoms with Crippen LogP contribution in [0.1, 0.15) is 67.2 Å². The molecule has 0 bridgehead atoms. The van der Waals surface area contributed by atoms with Gasteiger partial charge < -0.3 is 0 Å². The highest BCUT2D eigenvalue weighted by Crippen LogP contribution is 2.46. The van der Waals surface area contributed by atoms with Crippen LogP contribution in [0.15, 0.2) is 0 Å². The van der Waals surface area contributed by atoms with Crippen LogP contribution in [0.25, 0.3) is 0 Å². The lowest BCUT2D eigenvalue weighted by Crippen LogP contribution is -2.34. The molecule has 1 rings (SSSR count). The molecule has 0 aromatic carbocycles. The molecule has 1 saturated carbocycles. The summed E-state index contributed by atoms with van der Waals surface area (Å²) in [7, 11) is 0. The molecule has 110 valence electrons. The molecule has 1 fully saturated rings. The summed E-state index contributed by atoms with van der Waals surface area (Å²) < 4.78 is 0. The summed E-state index contributed by atoms with van der Waals surface area (Å²) >= 11 is 0. The first kappa shape index (κ1) is 16.4. The lowest BCUT2D eigenvalue weighted by molar-refractivity contribution is -0.129. The van der Waals surface area contributed by atoms with Gasteiger partial charge in [-0.15, -0.1) is 0 Å². The SMILES string of the molecule is CCC(C)CC(C)(CC(C)C)C1CC(=O)C(C)C1=O. The first-order chi connectivity index (χ1) is 8.71. The fourth-order valence-corrected chi connectivity index (χ4v) is 3.77. The van der Waals surface area contributed by atoms with E-state index in [4.69, 9.17) is 0 Å². The molecule has 0 spiro atoms. The van der Waals surface area contributed by atoms with Crippen LogP contribution in [0, 0.1) is 29.1 Å². The Bertz CT molecular complexity index is 345. The van der Waals surface area contributed by atoms with E-state index in [0.29, 0.717) is 18.3 Å². The molecule has 1 aliphatic carbocycles. The maximum atomic E-state index is 12.4. The summed E-state index contributed by atoms with van der Waals surface area (Å²) in [6, 6.07) is 0. The second-order valence-corrected chi connectivity index (χ2v) is 7.32. The van der Waals surface area contributed by atoms with E-state index in [9.17, 15) is 9.59 Å². The van der Waals surface area contributed by atoms with E-state index in [-0.39, 0.29) is 28.8 Å². The van der Waals surface area contributed by atoms with Crippen LogP contribution in [0.5, 0.6) is 0 Å². The van der Waals surface area contributed by atoms with Gasteiger partial charge in [-0.25, -0.2) is 0 Å². The third kappa shape index (κ3) is 3.67. The Morgan fingerprint density at radius 2 is 1.79 bits per heavy atom. The van der Waals surface area contributed by atoms with Gasteiger partial charge in [0.05, 0.1) is 5.92 Å². The number of carbonyl (C=O) groups is 2. The van der Waals surface area contributed by atoms with E-state index >= 15 is 0 Å². The summed E-state index contributed by atoms with van der Waals surface area (Å²) in [5, 5.41) is 0. The van der Waals surface area contributed by atoms with Crippen LogP contribution in [-0.4, -0.2) is 11.6 Å². The Balaban J connectivity index is 2.96. The minimum atomic E-state index is -0.367. The number of Topliss-reactive ketones (excluding diaryl/α,β-unsaturated/α-hetero) is 2. The van der Waals surface area contributed by atoms with E-state index < -0.39 is 0 Å². The molecule has 0 radical (unpaired) electrons. The molecule has 1 aliphatic rings. The summed E-state index contributed by atoms with van der Waals surface area (Å²) in [5.41, 5.74) is -0.0128. The van der Waals surface area contributed by atoms with Gasteiger partial charge in [-0.05, 0) is 37.0 Å². The Morgan fingerprint density at radius 3 is 2.16 bits per heavy atom. The van der Waals surface area contributed by atoms with Gasteiger partial charge in [0.15, 0.2) is 0 Å². The molecule has 2 heteroatoms. The predicted octanol–water partition coefficient (Wildman–Crippen LogP) is 4.27. The number of carbonyl (C=O) groups excluding carboxylic acids is 2. The maximum absolute atomic E-state index is 12.4. The minimum Gasteiger partial charge on any atom is -0.299 e. The van der Waals surface area contributed by atoms with E-state index in [1.165, 1.54) is 0 Å². The van der Waals surface area contributed by atoms with Gasteiger partial charge in [-0.2, -0.15) is 0 Å². The number of rotatable bonds is 6. The molecule has 0 aromatic heterocycles. The average molecular weight is 266 g/mol. The Hall–Kier alpha value is -0.660. The third-order valence-corrected chi connectivity index (χ3v) is 4.89. The molecule has 0 aliphatic heterocycles. The first-order valence-electron chi connectivity index (χ1n) is 7.77. The Kier molecular flexibility index (Phi) is 5.34. The van der Waals surface area contributed by atoms with E-state index in [0.717, 1.165) is 19.3 Å². The van der Waals surface area contributed by atoms with Gasteiger partial charge in [0.1, 0.15) is 11.6 Å². The number of hydrogen-bond donors (Lipinski definition) is 0. The van der Waals surface area contributed by atoms with Crippen molar-refractivity contribution in [2.45, 2.75) is 67.2 Å². The standard InChI is InChI=1S/C17H30O2/c1-7-12(4)10-17(6,9-11(2)3)14-8-15(18)13(5)16(14)19/h11-14H,7-10H2,1-6H3. The summed E-state index contributed by atoms with van der Waals surface area (Å²) in [6.07, 6.45) is 3.70. The zero-order valence-electron chi connectivity index (χ0n) is 13.5. The van der Waals surface area contributed by atoms with Gasteiger partial charge >= 0.3 is 0 Å².